The molecule has 25 heavy (non-hydrogen) atoms. The van der Waals surface area contributed by atoms with E-state index in [4.69, 9.17) is 4.74 Å². The average molecular weight is 331 g/mol. The number of H-pyrrole nitrogens is 1. The van der Waals surface area contributed by atoms with Gasteiger partial charge in [-0.3, -0.25) is 0 Å². The van der Waals surface area contributed by atoms with E-state index in [1.165, 1.54) is 11.3 Å². The van der Waals surface area contributed by atoms with Crippen LogP contribution in [0.2, 0.25) is 0 Å². The Morgan fingerprint density at radius 2 is 2.04 bits per heavy atom. The van der Waals surface area contributed by atoms with E-state index in [2.05, 4.69) is 39.6 Å². The SMILES string of the molecule is COc1ccccc1-c1ccnc2[nH]c(C3=CC4CNCC4C3)cc12. The minimum atomic E-state index is 0.683. The highest BCUT2D eigenvalue weighted by atomic mass is 16.5. The van der Waals surface area contributed by atoms with Crippen LogP contribution >= 0.6 is 0 Å². The predicted octanol–water partition coefficient (Wildman–Crippen LogP) is 3.86. The van der Waals surface area contributed by atoms with Gasteiger partial charge in [0.1, 0.15) is 11.4 Å². The van der Waals surface area contributed by atoms with Crippen molar-refractivity contribution in [3.8, 4) is 16.9 Å². The van der Waals surface area contributed by atoms with Crippen molar-refractivity contribution < 1.29 is 4.74 Å². The number of fused-ring (bicyclic) bond motifs is 2. The van der Waals surface area contributed by atoms with E-state index in [0.29, 0.717) is 5.92 Å². The topological polar surface area (TPSA) is 49.9 Å². The highest BCUT2D eigenvalue weighted by Gasteiger charge is 2.32. The fourth-order valence-corrected chi connectivity index (χ4v) is 4.28. The molecule has 0 saturated carbocycles. The second-order valence-electron chi connectivity index (χ2n) is 6.98. The number of rotatable bonds is 3. The van der Waals surface area contributed by atoms with E-state index in [1.54, 1.807) is 7.11 Å². The number of ether oxygens (including phenoxy) is 1. The van der Waals surface area contributed by atoms with Crippen LogP contribution in [0.25, 0.3) is 27.7 Å². The minimum absolute atomic E-state index is 0.683. The van der Waals surface area contributed by atoms with Crippen LogP contribution in [0, 0.1) is 11.8 Å². The molecule has 0 spiro atoms. The fourth-order valence-electron chi connectivity index (χ4n) is 4.28. The van der Waals surface area contributed by atoms with Gasteiger partial charge in [0.05, 0.1) is 7.11 Å². The Bertz CT molecular complexity index is 972. The molecule has 0 bridgehead atoms. The standard InChI is InChI=1S/C21H21N3O/c1-25-20-5-3-2-4-17(20)16-6-7-23-21-18(16)10-19(24-21)13-8-14-11-22-12-15(14)9-13/h2-8,10,14-15,22H,9,11-12H2,1H3,(H,23,24). The zero-order valence-electron chi connectivity index (χ0n) is 14.3. The molecule has 4 nitrogen and oxygen atoms in total. The molecule has 2 unspecified atom stereocenters. The Kier molecular flexibility index (Phi) is 3.38. The van der Waals surface area contributed by atoms with Gasteiger partial charge in [0.15, 0.2) is 0 Å². The van der Waals surface area contributed by atoms with Crippen LogP contribution in [0.1, 0.15) is 12.1 Å². The molecule has 0 radical (unpaired) electrons. The van der Waals surface area contributed by atoms with Gasteiger partial charge in [-0.25, -0.2) is 4.98 Å². The zero-order chi connectivity index (χ0) is 16.8. The number of nitrogens with one attached hydrogen (secondary N) is 2. The number of allylic oxidation sites excluding steroid dienone is 1. The number of hydrogen-bond donors (Lipinski definition) is 2. The van der Waals surface area contributed by atoms with Crippen molar-refractivity contribution in [2.45, 2.75) is 6.42 Å². The van der Waals surface area contributed by atoms with Crippen molar-refractivity contribution in [1.29, 1.82) is 0 Å². The molecule has 3 heterocycles. The maximum absolute atomic E-state index is 5.56. The summed E-state index contributed by atoms with van der Waals surface area (Å²) in [6, 6.07) is 12.5. The second kappa shape index (κ2) is 5.74. The number of methoxy groups -OCH3 is 1. The number of nitrogens with zero attached hydrogens (tertiary/aromatic N) is 1. The van der Waals surface area contributed by atoms with Crippen LogP contribution in [0.4, 0.5) is 0 Å². The lowest BCUT2D eigenvalue weighted by Crippen LogP contribution is -2.09. The second-order valence-corrected chi connectivity index (χ2v) is 6.98. The first-order valence-electron chi connectivity index (χ1n) is 8.86. The molecule has 1 fully saturated rings. The quantitative estimate of drug-likeness (QED) is 0.766. The summed E-state index contributed by atoms with van der Waals surface area (Å²) in [4.78, 5) is 8.08. The van der Waals surface area contributed by atoms with E-state index < -0.39 is 0 Å². The summed E-state index contributed by atoms with van der Waals surface area (Å²) in [5.74, 6) is 2.32. The summed E-state index contributed by atoms with van der Waals surface area (Å²) in [6.07, 6.45) is 5.46. The maximum atomic E-state index is 5.56. The first kappa shape index (κ1) is 14.7. The first-order valence-corrected chi connectivity index (χ1v) is 8.86. The summed E-state index contributed by atoms with van der Waals surface area (Å²) in [7, 11) is 1.72. The summed E-state index contributed by atoms with van der Waals surface area (Å²) in [5.41, 5.74) is 5.84. The summed E-state index contributed by atoms with van der Waals surface area (Å²) < 4.78 is 5.56. The highest BCUT2D eigenvalue weighted by Crippen LogP contribution is 2.40. The van der Waals surface area contributed by atoms with Crippen molar-refractivity contribution in [1.82, 2.24) is 15.3 Å². The molecule has 4 heteroatoms. The van der Waals surface area contributed by atoms with Crippen LogP contribution < -0.4 is 10.1 Å². The number of hydrogen-bond acceptors (Lipinski definition) is 3. The van der Waals surface area contributed by atoms with Gasteiger partial charge in [-0.15, -0.1) is 0 Å². The van der Waals surface area contributed by atoms with E-state index in [9.17, 15) is 0 Å². The lowest BCUT2D eigenvalue weighted by atomic mass is 9.99. The molecular weight excluding hydrogens is 310 g/mol. The lowest BCUT2D eigenvalue weighted by Gasteiger charge is -2.08. The number of pyridine rings is 1. The van der Waals surface area contributed by atoms with E-state index in [1.807, 2.05) is 24.4 Å². The zero-order valence-corrected chi connectivity index (χ0v) is 14.3. The van der Waals surface area contributed by atoms with Crippen molar-refractivity contribution in [3.05, 3.63) is 54.4 Å². The van der Waals surface area contributed by atoms with Gasteiger partial charge in [0, 0.05) is 29.4 Å². The largest absolute Gasteiger partial charge is 0.496 e. The third-order valence-electron chi connectivity index (χ3n) is 5.56. The van der Waals surface area contributed by atoms with Gasteiger partial charge < -0.3 is 15.0 Å². The average Bonchev–Trinajstić information content (AvgIpc) is 3.34. The summed E-state index contributed by atoms with van der Waals surface area (Å²) in [5, 5.41) is 4.64. The van der Waals surface area contributed by atoms with E-state index >= 15 is 0 Å². The molecule has 2 atom stereocenters. The predicted molar refractivity (Wildman–Crippen MR) is 101 cm³/mol. The Morgan fingerprint density at radius 3 is 2.92 bits per heavy atom. The molecular formula is C21H21N3O. The first-order chi connectivity index (χ1) is 12.3. The molecule has 1 aromatic carbocycles. The van der Waals surface area contributed by atoms with Crippen LogP contribution in [0.5, 0.6) is 5.75 Å². The Hall–Kier alpha value is -2.59. The maximum Gasteiger partial charge on any atom is 0.138 e. The summed E-state index contributed by atoms with van der Waals surface area (Å²) >= 11 is 0. The van der Waals surface area contributed by atoms with Gasteiger partial charge in [-0.1, -0.05) is 24.3 Å². The lowest BCUT2D eigenvalue weighted by molar-refractivity contribution is 0.416. The van der Waals surface area contributed by atoms with Gasteiger partial charge in [0.25, 0.3) is 0 Å². The molecule has 0 amide bonds. The van der Waals surface area contributed by atoms with Gasteiger partial charge in [-0.05, 0) is 54.1 Å². The van der Waals surface area contributed by atoms with Gasteiger partial charge >= 0.3 is 0 Å². The van der Waals surface area contributed by atoms with Crippen molar-refractivity contribution in [2.24, 2.45) is 11.8 Å². The Balaban J connectivity index is 1.62. The third kappa shape index (κ3) is 2.36. The van der Waals surface area contributed by atoms with E-state index in [0.717, 1.165) is 53.3 Å². The van der Waals surface area contributed by atoms with Gasteiger partial charge in [0.2, 0.25) is 0 Å². The molecule has 5 rings (SSSR count). The number of aromatic amines is 1. The smallest absolute Gasteiger partial charge is 0.138 e. The normalized spacial score (nSPS) is 22.2. The van der Waals surface area contributed by atoms with Crippen molar-refractivity contribution in [3.63, 3.8) is 0 Å². The van der Waals surface area contributed by atoms with Crippen molar-refractivity contribution in [2.75, 3.05) is 20.2 Å². The number of para-hydroxylation sites is 1. The molecule has 1 aliphatic carbocycles. The number of benzene rings is 1. The van der Waals surface area contributed by atoms with Crippen LogP contribution in [-0.2, 0) is 0 Å². The molecule has 1 aliphatic heterocycles. The third-order valence-corrected chi connectivity index (χ3v) is 5.56. The fraction of sp³-hybridized carbons (Fsp3) is 0.286. The molecule has 2 aromatic heterocycles. The summed E-state index contributed by atoms with van der Waals surface area (Å²) in [6.45, 7) is 2.24. The van der Waals surface area contributed by atoms with Crippen LogP contribution in [-0.4, -0.2) is 30.2 Å². The highest BCUT2D eigenvalue weighted by molar-refractivity contribution is 5.96. The molecule has 2 aliphatic rings. The molecule has 2 N–H and O–H groups in total. The Labute approximate surface area is 146 Å². The van der Waals surface area contributed by atoms with Crippen LogP contribution in [0.15, 0.2) is 48.7 Å². The van der Waals surface area contributed by atoms with Crippen LogP contribution in [0.3, 0.4) is 0 Å². The van der Waals surface area contributed by atoms with Crippen molar-refractivity contribution >= 4 is 16.6 Å². The Morgan fingerprint density at radius 1 is 1.12 bits per heavy atom. The number of aromatic nitrogens is 2. The van der Waals surface area contributed by atoms with Gasteiger partial charge in [-0.2, -0.15) is 0 Å². The monoisotopic (exact) mass is 331 g/mol. The molecule has 126 valence electrons. The van der Waals surface area contributed by atoms with E-state index in [-0.39, 0.29) is 0 Å². The minimum Gasteiger partial charge on any atom is -0.496 e. The molecule has 1 saturated heterocycles. The molecule has 3 aromatic rings.